The first-order chi connectivity index (χ1) is 14.5. The number of hydrogen-bond donors (Lipinski definition) is 1. The lowest BCUT2D eigenvalue weighted by molar-refractivity contribution is 0.0751. The molecule has 0 radical (unpaired) electrons. The number of carbonyl (C=O) groups is 2. The van der Waals surface area contributed by atoms with Crippen molar-refractivity contribution in [2.24, 2.45) is 5.10 Å². The van der Waals surface area contributed by atoms with E-state index in [1.165, 1.54) is 5.01 Å². The fourth-order valence-electron chi connectivity index (χ4n) is 3.14. The molecule has 2 amide bonds. The van der Waals surface area contributed by atoms with Crippen molar-refractivity contribution in [2.45, 2.75) is 19.8 Å². The Morgan fingerprint density at radius 3 is 2.47 bits per heavy atom. The zero-order chi connectivity index (χ0) is 21.5. The van der Waals surface area contributed by atoms with Crippen molar-refractivity contribution in [1.82, 2.24) is 5.01 Å². The number of amides is 2. The van der Waals surface area contributed by atoms with E-state index in [1.54, 1.807) is 45.4 Å². The van der Waals surface area contributed by atoms with Gasteiger partial charge in [-0.05, 0) is 62.2 Å². The summed E-state index contributed by atoms with van der Waals surface area (Å²) in [6.45, 7) is 2.56. The van der Waals surface area contributed by atoms with E-state index in [0.29, 0.717) is 29.3 Å². The lowest BCUT2D eigenvalue weighted by atomic mass is 10.0. The molecule has 2 aromatic rings. The Kier molecular flexibility index (Phi) is 6.90. The van der Waals surface area contributed by atoms with Gasteiger partial charge in [0.25, 0.3) is 5.91 Å². The Morgan fingerprint density at radius 1 is 1.07 bits per heavy atom. The normalized spacial score (nSPS) is 13.3. The average molecular weight is 411 g/mol. The van der Waals surface area contributed by atoms with Gasteiger partial charge in [-0.3, -0.25) is 10.1 Å². The SMILES string of the molecule is CCOC(=O)Nc1ccc(C(=O)N2CCCC(c3ccc(OC)c(OC)c3)=N2)cc1. The van der Waals surface area contributed by atoms with Gasteiger partial charge in [-0.1, -0.05) is 0 Å². The molecule has 1 heterocycles. The standard InChI is InChI=1S/C22H25N3O5/c1-4-30-22(27)23-17-10-7-15(8-11-17)21(26)25-13-5-6-18(24-25)16-9-12-19(28-2)20(14-16)29-3/h7-12,14H,4-6,13H2,1-3H3,(H,23,27). The second kappa shape index (κ2) is 9.78. The smallest absolute Gasteiger partial charge is 0.411 e. The molecule has 0 saturated carbocycles. The number of ether oxygens (including phenoxy) is 3. The predicted octanol–water partition coefficient (Wildman–Crippen LogP) is 3.91. The van der Waals surface area contributed by atoms with E-state index < -0.39 is 6.09 Å². The van der Waals surface area contributed by atoms with E-state index in [9.17, 15) is 9.59 Å². The fourth-order valence-corrected chi connectivity index (χ4v) is 3.14. The molecule has 3 rings (SSSR count). The molecule has 158 valence electrons. The number of hydrazone groups is 1. The van der Waals surface area contributed by atoms with Crippen LogP contribution in [0.3, 0.4) is 0 Å². The molecular formula is C22H25N3O5. The van der Waals surface area contributed by atoms with Crippen LogP contribution in [0.1, 0.15) is 35.7 Å². The quantitative estimate of drug-likeness (QED) is 0.778. The Labute approximate surface area is 175 Å². The fraction of sp³-hybridized carbons (Fsp3) is 0.318. The number of methoxy groups -OCH3 is 2. The summed E-state index contributed by atoms with van der Waals surface area (Å²) in [5, 5.41) is 8.65. The highest BCUT2D eigenvalue weighted by Gasteiger charge is 2.21. The number of nitrogens with one attached hydrogen (secondary N) is 1. The average Bonchev–Trinajstić information content (AvgIpc) is 2.79. The Bertz CT molecular complexity index is 940. The van der Waals surface area contributed by atoms with Gasteiger partial charge in [-0.2, -0.15) is 5.10 Å². The van der Waals surface area contributed by atoms with Crippen molar-refractivity contribution in [3.8, 4) is 11.5 Å². The van der Waals surface area contributed by atoms with Crippen molar-refractivity contribution < 1.29 is 23.8 Å². The maximum atomic E-state index is 12.9. The molecule has 1 aliphatic rings. The van der Waals surface area contributed by atoms with Crippen molar-refractivity contribution in [2.75, 3.05) is 32.7 Å². The minimum absolute atomic E-state index is 0.199. The number of anilines is 1. The predicted molar refractivity (Wildman–Crippen MR) is 113 cm³/mol. The number of carbonyl (C=O) groups excluding carboxylic acids is 2. The largest absolute Gasteiger partial charge is 0.493 e. The van der Waals surface area contributed by atoms with Crippen LogP contribution in [0, 0.1) is 0 Å². The Balaban J connectivity index is 1.75. The zero-order valence-electron chi connectivity index (χ0n) is 17.3. The second-order valence-electron chi connectivity index (χ2n) is 6.57. The van der Waals surface area contributed by atoms with E-state index in [1.807, 2.05) is 18.2 Å². The zero-order valence-corrected chi connectivity index (χ0v) is 17.3. The van der Waals surface area contributed by atoms with E-state index in [2.05, 4.69) is 10.4 Å². The van der Waals surface area contributed by atoms with Crippen LogP contribution in [0.2, 0.25) is 0 Å². The van der Waals surface area contributed by atoms with Gasteiger partial charge in [-0.25, -0.2) is 9.80 Å². The summed E-state index contributed by atoms with van der Waals surface area (Å²) in [7, 11) is 3.17. The molecule has 0 spiro atoms. The molecule has 0 fully saturated rings. The van der Waals surface area contributed by atoms with Crippen LogP contribution in [-0.4, -0.2) is 50.1 Å². The van der Waals surface area contributed by atoms with Gasteiger partial charge < -0.3 is 14.2 Å². The highest BCUT2D eigenvalue weighted by atomic mass is 16.5. The van der Waals surface area contributed by atoms with Gasteiger partial charge >= 0.3 is 6.09 Å². The highest BCUT2D eigenvalue weighted by molar-refractivity contribution is 6.03. The Morgan fingerprint density at radius 2 is 1.80 bits per heavy atom. The highest BCUT2D eigenvalue weighted by Crippen LogP contribution is 2.29. The number of rotatable bonds is 6. The van der Waals surface area contributed by atoms with Crippen LogP contribution in [0.5, 0.6) is 11.5 Å². The van der Waals surface area contributed by atoms with Gasteiger partial charge in [0.2, 0.25) is 0 Å². The maximum Gasteiger partial charge on any atom is 0.411 e. The third-order valence-electron chi connectivity index (χ3n) is 4.63. The van der Waals surface area contributed by atoms with Crippen molar-refractivity contribution >= 4 is 23.4 Å². The van der Waals surface area contributed by atoms with Gasteiger partial charge in [0, 0.05) is 23.4 Å². The minimum Gasteiger partial charge on any atom is -0.493 e. The van der Waals surface area contributed by atoms with Crippen molar-refractivity contribution in [3.05, 3.63) is 53.6 Å². The summed E-state index contributed by atoms with van der Waals surface area (Å²) in [6.07, 6.45) is 1.04. The molecule has 0 bridgehead atoms. The van der Waals surface area contributed by atoms with Crippen LogP contribution in [0.15, 0.2) is 47.6 Å². The van der Waals surface area contributed by atoms with Crippen LogP contribution in [0.4, 0.5) is 10.5 Å². The molecule has 1 N–H and O–H groups in total. The molecule has 8 nitrogen and oxygen atoms in total. The third kappa shape index (κ3) is 4.89. The molecule has 1 aliphatic heterocycles. The van der Waals surface area contributed by atoms with Crippen LogP contribution in [-0.2, 0) is 4.74 Å². The first-order valence-electron chi connectivity index (χ1n) is 9.71. The van der Waals surface area contributed by atoms with Gasteiger partial charge in [0.05, 0.1) is 26.5 Å². The molecule has 8 heteroatoms. The third-order valence-corrected chi connectivity index (χ3v) is 4.63. The molecule has 30 heavy (non-hydrogen) atoms. The summed E-state index contributed by atoms with van der Waals surface area (Å²) >= 11 is 0. The van der Waals surface area contributed by atoms with Gasteiger partial charge in [0.1, 0.15) is 0 Å². The first-order valence-corrected chi connectivity index (χ1v) is 9.71. The molecule has 0 atom stereocenters. The molecule has 2 aromatic carbocycles. The summed E-state index contributed by atoms with van der Waals surface area (Å²) in [5.74, 6) is 1.06. The molecule has 0 aromatic heterocycles. The van der Waals surface area contributed by atoms with E-state index in [-0.39, 0.29) is 12.5 Å². The number of hydrogen-bond acceptors (Lipinski definition) is 6. The van der Waals surface area contributed by atoms with Crippen LogP contribution < -0.4 is 14.8 Å². The number of nitrogens with zero attached hydrogens (tertiary/aromatic N) is 2. The minimum atomic E-state index is -0.531. The van der Waals surface area contributed by atoms with E-state index >= 15 is 0 Å². The first kappa shape index (κ1) is 21.2. The van der Waals surface area contributed by atoms with Crippen molar-refractivity contribution in [3.63, 3.8) is 0 Å². The van der Waals surface area contributed by atoms with Crippen LogP contribution in [0.25, 0.3) is 0 Å². The number of benzene rings is 2. The van der Waals surface area contributed by atoms with E-state index in [0.717, 1.165) is 24.1 Å². The summed E-state index contributed by atoms with van der Waals surface area (Å²) in [6, 6.07) is 12.2. The monoisotopic (exact) mass is 411 g/mol. The van der Waals surface area contributed by atoms with E-state index in [4.69, 9.17) is 14.2 Å². The topological polar surface area (TPSA) is 89.5 Å². The summed E-state index contributed by atoms with van der Waals surface area (Å²) < 4.78 is 15.5. The summed E-state index contributed by atoms with van der Waals surface area (Å²) in [4.78, 5) is 24.4. The van der Waals surface area contributed by atoms with Crippen molar-refractivity contribution in [1.29, 1.82) is 0 Å². The Hall–Kier alpha value is -3.55. The van der Waals surface area contributed by atoms with Crippen LogP contribution >= 0.6 is 0 Å². The lowest BCUT2D eigenvalue weighted by Crippen LogP contribution is -2.32. The maximum absolute atomic E-state index is 12.9. The molecule has 0 unspecified atom stereocenters. The molecular weight excluding hydrogens is 386 g/mol. The van der Waals surface area contributed by atoms with Gasteiger partial charge in [-0.15, -0.1) is 0 Å². The molecule has 0 saturated heterocycles. The lowest BCUT2D eigenvalue weighted by Gasteiger charge is -2.24. The molecule has 0 aliphatic carbocycles. The second-order valence-corrected chi connectivity index (χ2v) is 6.57. The van der Waals surface area contributed by atoms with Gasteiger partial charge in [0.15, 0.2) is 11.5 Å². The summed E-state index contributed by atoms with van der Waals surface area (Å²) in [5.41, 5.74) is 2.75.